The Hall–Kier alpha value is -2.10. The van der Waals surface area contributed by atoms with Crippen LogP contribution in [-0.4, -0.2) is 16.5 Å². The summed E-state index contributed by atoms with van der Waals surface area (Å²) in [5.74, 6) is 2.87. The summed E-state index contributed by atoms with van der Waals surface area (Å²) in [6, 6.07) is 12.4. The van der Waals surface area contributed by atoms with Crippen molar-refractivity contribution in [1.82, 2.24) is 9.97 Å². The predicted octanol–water partition coefficient (Wildman–Crippen LogP) is 4.75. The van der Waals surface area contributed by atoms with Crippen molar-refractivity contribution in [2.24, 2.45) is 11.8 Å². The fourth-order valence-electron chi connectivity index (χ4n) is 2.32. The van der Waals surface area contributed by atoms with Crippen molar-refractivity contribution in [2.45, 2.75) is 47.1 Å². The Bertz CT molecular complexity index is 578. The summed E-state index contributed by atoms with van der Waals surface area (Å²) in [7, 11) is 0. The Balaban J connectivity index is 2.08. The normalized spacial score (nSPS) is 11.1. The van der Waals surface area contributed by atoms with Crippen LogP contribution >= 0.6 is 0 Å². The Morgan fingerprint density at radius 3 is 2.33 bits per heavy atom. The molecular weight excluding hydrogens is 296 g/mol. The van der Waals surface area contributed by atoms with Crippen molar-refractivity contribution in [3.63, 3.8) is 0 Å². The molecule has 130 valence electrons. The van der Waals surface area contributed by atoms with Crippen molar-refractivity contribution in [2.75, 3.05) is 17.2 Å². The first-order chi connectivity index (χ1) is 11.5. The SMILES string of the molecule is CC(C)CCc1cc(NCC(C)C)nc(NCc2ccccc2)n1. The van der Waals surface area contributed by atoms with Gasteiger partial charge in [-0.2, -0.15) is 4.98 Å². The largest absolute Gasteiger partial charge is 0.370 e. The minimum absolute atomic E-state index is 0.583. The van der Waals surface area contributed by atoms with Gasteiger partial charge in [0.05, 0.1) is 0 Å². The van der Waals surface area contributed by atoms with E-state index in [9.17, 15) is 0 Å². The van der Waals surface area contributed by atoms with Crippen LogP contribution in [0, 0.1) is 11.8 Å². The Kier molecular flexibility index (Phi) is 7.04. The Morgan fingerprint density at radius 2 is 1.67 bits per heavy atom. The molecule has 4 nitrogen and oxygen atoms in total. The highest BCUT2D eigenvalue weighted by Gasteiger charge is 2.07. The van der Waals surface area contributed by atoms with Gasteiger partial charge < -0.3 is 10.6 Å². The molecule has 1 heterocycles. The van der Waals surface area contributed by atoms with Crippen molar-refractivity contribution in [3.8, 4) is 0 Å². The Morgan fingerprint density at radius 1 is 0.917 bits per heavy atom. The highest BCUT2D eigenvalue weighted by atomic mass is 15.1. The van der Waals surface area contributed by atoms with Crippen LogP contribution in [0.25, 0.3) is 0 Å². The third kappa shape index (κ3) is 6.57. The van der Waals surface area contributed by atoms with Gasteiger partial charge in [0, 0.05) is 24.8 Å². The van der Waals surface area contributed by atoms with Gasteiger partial charge in [-0.3, -0.25) is 0 Å². The molecule has 0 fully saturated rings. The van der Waals surface area contributed by atoms with Crippen LogP contribution in [0.2, 0.25) is 0 Å². The van der Waals surface area contributed by atoms with Gasteiger partial charge in [-0.25, -0.2) is 4.98 Å². The minimum atomic E-state index is 0.583. The van der Waals surface area contributed by atoms with Gasteiger partial charge in [0.2, 0.25) is 5.95 Å². The van der Waals surface area contributed by atoms with Crippen LogP contribution in [0.3, 0.4) is 0 Å². The zero-order valence-corrected chi connectivity index (χ0v) is 15.3. The molecule has 4 heteroatoms. The highest BCUT2D eigenvalue weighted by Crippen LogP contribution is 2.15. The van der Waals surface area contributed by atoms with E-state index in [1.165, 1.54) is 5.56 Å². The maximum absolute atomic E-state index is 4.69. The zero-order chi connectivity index (χ0) is 17.4. The second-order valence-corrected chi connectivity index (χ2v) is 7.11. The zero-order valence-electron chi connectivity index (χ0n) is 15.3. The first-order valence-electron chi connectivity index (χ1n) is 8.92. The van der Waals surface area contributed by atoms with Crippen molar-refractivity contribution >= 4 is 11.8 Å². The molecular formula is C20H30N4. The van der Waals surface area contributed by atoms with Crippen LogP contribution in [0.4, 0.5) is 11.8 Å². The van der Waals surface area contributed by atoms with Crippen molar-refractivity contribution in [3.05, 3.63) is 47.7 Å². The first kappa shape index (κ1) is 18.2. The summed E-state index contributed by atoms with van der Waals surface area (Å²) in [4.78, 5) is 9.30. The molecule has 2 aromatic rings. The van der Waals surface area contributed by atoms with E-state index in [-0.39, 0.29) is 0 Å². The predicted molar refractivity (Wildman–Crippen MR) is 102 cm³/mol. The molecule has 1 aromatic heterocycles. The van der Waals surface area contributed by atoms with Crippen LogP contribution < -0.4 is 10.6 Å². The standard InChI is InChI=1S/C20H30N4/c1-15(2)10-11-18-12-19(21-13-16(3)4)24-20(23-18)22-14-17-8-6-5-7-9-17/h5-9,12,15-16H,10-11,13-14H2,1-4H3,(H2,21,22,23,24). The van der Waals surface area contributed by atoms with Gasteiger partial charge in [0.25, 0.3) is 0 Å². The number of hydrogen-bond acceptors (Lipinski definition) is 4. The van der Waals surface area contributed by atoms with E-state index in [1.807, 2.05) is 18.2 Å². The molecule has 0 aliphatic heterocycles. The maximum Gasteiger partial charge on any atom is 0.225 e. The van der Waals surface area contributed by atoms with Crippen LogP contribution in [-0.2, 0) is 13.0 Å². The summed E-state index contributed by atoms with van der Waals surface area (Å²) >= 11 is 0. The number of aromatic nitrogens is 2. The van der Waals surface area contributed by atoms with Crippen molar-refractivity contribution in [1.29, 1.82) is 0 Å². The Labute approximate surface area is 146 Å². The molecule has 0 amide bonds. The molecule has 2 rings (SSSR count). The summed E-state index contributed by atoms with van der Waals surface area (Å²) in [6.45, 7) is 10.5. The number of nitrogens with one attached hydrogen (secondary N) is 2. The van der Waals surface area contributed by atoms with E-state index in [2.05, 4.69) is 66.5 Å². The molecule has 0 saturated carbocycles. The average Bonchev–Trinajstić information content (AvgIpc) is 2.57. The smallest absolute Gasteiger partial charge is 0.225 e. The van der Waals surface area contributed by atoms with E-state index in [1.54, 1.807) is 0 Å². The van der Waals surface area contributed by atoms with E-state index in [4.69, 9.17) is 0 Å². The summed E-state index contributed by atoms with van der Waals surface area (Å²) in [5.41, 5.74) is 2.32. The first-order valence-corrected chi connectivity index (χ1v) is 8.92. The number of nitrogens with zero attached hydrogens (tertiary/aromatic N) is 2. The quantitative estimate of drug-likeness (QED) is 0.698. The molecule has 24 heavy (non-hydrogen) atoms. The molecule has 2 N–H and O–H groups in total. The molecule has 0 radical (unpaired) electrons. The van der Waals surface area contributed by atoms with Crippen LogP contribution in [0.5, 0.6) is 0 Å². The van der Waals surface area contributed by atoms with E-state index in [0.29, 0.717) is 17.8 Å². The highest BCUT2D eigenvalue weighted by molar-refractivity contribution is 5.43. The lowest BCUT2D eigenvalue weighted by atomic mass is 10.1. The fourth-order valence-corrected chi connectivity index (χ4v) is 2.32. The lowest BCUT2D eigenvalue weighted by molar-refractivity contribution is 0.581. The fraction of sp³-hybridized carbons (Fsp3) is 0.500. The summed E-state index contributed by atoms with van der Waals surface area (Å²) < 4.78 is 0. The lowest BCUT2D eigenvalue weighted by Gasteiger charge is -2.13. The number of aryl methyl sites for hydroxylation is 1. The topological polar surface area (TPSA) is 49.8 Å². The third-order valence-corrected chi connectivity index (χ3v) is 3.74. The van der Waals surface area contributed by atoms with Gasteiger partial charge >= 0.3 is 0 Å². The molecule has 0 spiro atoms. The molecule has 0 saturated heterocycles. The van der Waals surface area contributed by atoms with E-state index in [0.717, 1.165) is 37.4 Å². The number of hydrogen-bond donors (Lipinski definition) is 2. The summed E-state index contributed by atoms with van der Waals surface area (Å²) in [6.07, 6.45) is 2.12. The molecule has 0 aliphatic carbocycles. The number of rotatable bonds is 9. The molecule has 0 unspecified atom stereocenters. The van der Waals surface area contributed by atoms with Crippen LogP contribution in [0.1, 0.15) is 45.4 Å². The molecule has 0 atom stereocenters. The minimum Gasteiger partial charge on any atom is -0.370 e. The van der Waals surface area contributed by atoms with Crippen LogP contribution in [0.15, 0.2) is 36.4 Å². The number of anilines is 2. The third-order valence-electron chi connectivity index (χ3n) is 3.74. The van der Waals surface area contributed by atoms with Gasteiger partial charge in [0.1, 0.15) is 5.82 Å². The molecule has 1 aromatic carbocycles. The van der Waals surface area contributed by atoms with Crippen molar-refractivity contribution < 1.29 is 0 Å². The van der Waals surface area contributed by atoms with Gasteiger partial charge in [-0.05, 0) is 30.2 Å². The second kappa shape index (κ2) is 9.26. The van der Waals surface area contributed by atoms with E-state index >= 15 is 0 Å². The number of benzene rings is 1. The molecule has 0 bridgehead atoms. The maximum atomic E-state index is 4.69. The monoisotopic (exact) mass is 326 g/mol. The van der Waals surface area contributed by atoms with Gasteiger partial charge in [-0.15, -0.1) is 0 Å². The van der Waals surface area contributed by atoms with Gasteiger partial charge in [-0.1, -0.05) is 58.0 Å². The van der Waals surface area contributed by atoms with Gasteiger partial charge in [0.15, 0.2) is 0 Å². The van der Waals surface area contributed by atoms with E-state index < -0.39 is 0 Å². The summed E-state index contributed by atoms with van der Waals surface area (Å²) in [5, 5.41) is 6.77. The average molecular weight is 326 g/mol. The second-order valence-electron chi connectivity index (χ2n) is 7.11. The molecule has 0 aliphatic rings. The lowest BCUT2D eigenvalue weighted by Crippen LogP contribution is -2.12.